The molecule has 3 heterocycles. The van der Waals surface area contributed by atoms with Crippen LogP contribution in [0.1, 0.15) is 11.6 Å². The van der Waals surface area contributed by atoms with Gasteiger partial charge in [0.2, 0.25) is 0 Å². The van der Waals surface area contributed by atoms with Crippen LogP contribution in [0.5, 0.6) is 0 Å². The van der Waals surface area contributed by atoms with E-state index in [9.17, 15) is 9.50 Å². The quantitative estimate of drug-likeness (QED) is 0.693. The van der Waals surface area contributed by atoms with Gasteiger partial charge in [-0.1, -0.05) is 0 Å². The van der Waals surface area contributed by atoms with Crippen molar-refractivity contribution < 1.29 is 13.9 Å². The molecule has 4 rings (SSSR count). The zero-order valence-corrected chi connectivity index (χ0v) is 12.0. The van der Waals surface area contributed by atoms with Crippen molar-refractivity contribution in [2.24, 2.45) is 0 Å². The van der Waals surface area contributed by atoms with E-state index in [2.05, 4.69) is 9.97 Å². The second-order valence-electron chi connectivity index (χ2n) is 5.35. The highest BCUT2D eigenvalue weighted by atomic mass is 19.1. The summed E-state index contributed by atoms with van der Waals surface area (Å²) >= 11 is 0. The molecule has 1 aliphatic rings. The van der Waals surface area contributed by atoms with Gasteiger partial charge in [0.15, 0.2) is 0 Å². The molecule has 0 unspecified atom stereocenters. The first-order valence-electron chi connectivity index (χ1n) is 7.06. The van der Waals surface area contributed by atoms with Gasteiger partial charge in [-0.3, -0.25) is 5.41 Å². The Morgan fingerprint density at radius 1 is 1.39 bits per heavy atom. The van der Waals surface area contributed by atoms with Crippen LogP contribution in [0.25, 0.3) is 16.6 Å². The maximum Gasteiger partial charge on any atom is 0.145 e. The summed E-state index contributed by atoms with van der Waals surface area (Å²) in [5.41, 5.74) is 1.43. The number of imidazole rings is 1. The molecular weight excluding hydrogens is 299 g/mol. The lowest BCUT2D eigenvalue weighted by atomic mass is 10.2. The van der Waals surface area contributed by atoms with E-state index in [1.54, 1.807) is 23.3 Å². The molecule has 1 aromatic carbocycles. The number of aromatic amines is 1. The fourth-order valence-electron chi connectivity index (χ4n) is 2.71. The van der Waals surface area contributed by atoms with Gasteiger partial charge in [0.1, 0.15) is 29.0 Å². The first kappa shape index (κ1) is 13.6. The predicted octanol–water partition coefficient (Wildman–Crippen LogP) is 3.06. The molecule has 0 fully saturated rings. The first-order valence-corrected chi connectivity index (χ1v) is 7.06. The zero-order valence-electron chi connectivity index (χ0n) is 12.0. The minimum Gasteiger partial charge on any atom is -0.510 e. The predicted molar refractivity (Wildman–Crippen MR) is 82.4 cm³/mol. The van der Waals surface area contributed by atoms with Crippen LogP contribution in [0.3, 0.4) is 0 Å². The number of aromatic nitrogens is 2. The van der Waals surface area contributed by atoms with Crippen LogP contribution >= 0.6 is 0 Å². The Kier molecular flexibility index (Phi) is 2.94. The molecule has 0 aliphatic carbocycles. The Morgan fingerprint density at radius 2 is 2.26 bits per heavy atom. The standard InChI is InChI=1S/C16H13FN4O2/c17-9-3-4-11-12(6-9)20-16(19-11)14-13(22)8-21(15(14)18)7-10-2-1-5-23-10/h1-6,18,22H,7-8H2,(H,19,20). The molecule has 7 heteroatoms. The molecule has 0 saturated heterocycles. The van der Waals surface area contributed by atoms with Crippen molar-refractivity contribution in [1.29, 1.82) is 5.41 Å². The summed E-state index contributed by atoms with van der Waals surface area (Å²) in [6, 6.07) is 7.80. The Morgan fingerprint density at radius 3 is 3.04 bits per heavy atom. The SMILES string of the molecule is N=C1C(c2nc3ccc(F)cc3[nH]2)=C(O)CN1Cc1ccco1. The summed E-state index contributed by atoms with van der Waals surface area (Å²) in [5.74, 6) is 0.900. The minimum atomic E-state index is -0.369. The van der Waals surface area contributed by atoms with Crippen molar-refractivity contribution in [3.8, 4) is 0 Å². The molecule has 0 amide bonds. The highest BCUT2D eigenvalue weighted by molar-refractivity contribution is 6.23. The zero-order chi connectivity index (χ0) is 16.0. The number of fused-ring (bicyclic) bond motifs is 1. The van der Waals surface area contributed by atoms with Gasteiger partial charge in [-0.2, -0.15) is 0 Å². The van der Waals surface area contributed by atoms with Crippen molar-refractivity contribution in [2.45, 2.75) is 6.54 Å². The maximum absolute atomic E-state index is 13.3. The molecule has 0 spiro atoms. The monoisotopic (exact) mass is 312 g/mol. The van der Waals surface area contributed by atoms with Crippen LogP contribution in [0.15, 0.2) is 46.8 Å². The van der Waals surface area contributed by atoms with Crippen molar-refractivity contribution in [1.82, 2.24) is 14.9 Å². The summed E-state index contributed by atoms with van der Waals surface area (Å²) < 4.78 is 18.6. The van der Waals surface area contributed by atoms with Gasteiger partial charge < -0.3 is 19.4 Å². The third-order valence-electron chi connectivity index (χ3n) is 3.79. The first-order chi connectivity index (χ1) is 11.1. The largest absolute Gasteiger partial charge is 0.510 e. The lowest BCUT2D eigenvalue weighted by Gasteiger charge is -2.16. The third-order valence-corrected chi connectivity index (χ3v) is 3.79. The summed E-state index contributed by atoms with van der Waals surface area (Å²) in [7, 11) is 0. The molecular formula is C16H13FN4O2. The van der Waals surface area contributed by atoms with E-state index in [0.29, 0.717) is 34.7 Å². The molecule has 0 atom stereocenters. The summed E-state index contributed by atoms with van der Waals surface area (Å²) in [4.78, 5) is 8.97. The number of H-pyrrole nitrogens is 1. The number of nitrogens with zero attached hydrogens (tertiary/aromatic N) is 2. The van der Waals surface area contributed by atoms with Crippen LogP contribution in [0.4, 0.5) is 4.39 Å². The number of hydrogen-bond donors (Lipinski definition) is 3. The van der Waals surface area contributed by atoms with Gasteiger partial charge >= 0.3 is 0 Å². The van der Waals surface area contributed by atoms with E-state index in [4.69, 9.17) is 9.83 Å². The molecule has 3 N–H and O–H groups in total. The van der Waals surface area contributed by atoms with E-state index in [1.807, 2.05) is 6.07 Å². The molecule has 116 valence electrons. The van der Waals surface area contributed by atoms with Crippen LogP contribution in [-0.2, 0) is 6.54 Å². The van der Waals surface area contributed by atoms with Crippen LogP contribution in [0, 0.1) is 11.2 Å². The normalized spacial score (nSPS) is 15.2. The Hall–Kier alpha value is -3.09. The fraction of sp³-hybridized carbons (Fsp3) is 0.125. The summed E-state index contributed by atoms with van der Waals surface area (Å²) in [5, 5.41) is 18.5. The molecule has 0 saturated carbocycles. The highest BCUT2D eigenvalue weighted by Gasteiger charge is 2.30. The summed E-state index contributed by atoms with van der Waals surface area (Å²) in [6.07, 6.45) is 1.57. The van der Waals surface area contributed by atoms with E-state index in [-0.39, 0.29) is 24.0 Å². The number of amidine groups is 1. The molecule has 3 aromatic rings. The van der Waals surface area contributed by atoms with Crippen molar-refractivity contribution >= 4 is 22.4 Å². The molecule has 0 bridgehead atoms. The van der Waals surface area contributed by atoms with Crippen molar-refractivity contribution in [3.05, 3.63) is 59.8 Å². The van der Waals surface area contributed by atoms with Gasteiger partial charge in [-0.05, 0) is 30.3 Å². The van der Waals surface area contributed by atoms with Gasteiger partial charge in [-0.15, -0.1) is 0 Å². The number of halogens is 1. The lowest BCUT2D eigenvalue weighted by Crippen LogP contribution is -2.25. The summed E-state index contributed by atoms with van der Waals surface area (Å²) in [6.45, 7) is 0.592. The van der Waals surface area contributed by atoms with Crippen molar-refractivity contribution in [2.75, 3.05) is 6.54 Å². The average molecular weight is 312 g/mol. The minimum absolute atomic E-state index is 0.0566. The van der Waals surface area contributed by atoms with E-state index >= 15 is 0 Å². The third kappa shape index (κ3) is 2.26. The number of hydrogen-bond acceptors (Lipinski definition) is 4. The van der Waals surface area contributed by atoms with E-state index in [0.717, 1.165) is 0 Å². The second-order valence-corrected chi connectivity index (χ2v) is 5.35. The second kappa shape index (κ2) is 4.98. The van der Waals surface area contributed by atoms with E-state index in [1.165, 1.54) is 12.1 Å². The molecule has 23 heavy (non-hydrogen) atoms. The van der Waals surface area contributed by atoms with Gasteiger partial charge in [0.05, 0.1) is 36.0 Å². The fourth-order valence-corrected chi connectivity index (χ4v) is 2.71. The molecule has 0 radical (unpaired) electrons. The Balaban J connectivity index is 1.67. The van der Waals surface area contributed by atoms with E-state index < -0.39 is 0 Å². The number of benzene rings is 1. The van der Waals surface area contributed by atoms with Crippen LogP contribution in [0.2, 0.25) is 0 Å². The van der Waals surface area contributed by atoms with Crippen molar-refractivity contribution in [3.63, 3.8) is 0 Å². The van der Waals surface area contributed by atoms with Crippen LogP contribution in [-0.4, -0.2) is 32.4 Å². The number of furan rings is 1. The molecule has 1 aliphatic heterocycles. The molecule has 6 nitrogen and oxygen atoms in total. The average Bonchev–Trinajstić information content (AvgIpc) is 3.20. The lowest BCUT2D eigenvalue weighted by molar-refractivity contribution is 0.328. The smallest absolute Gasteiger partial charge is 0.145 e. The topological polar surface area (TPSA) is 89.1 Å². The number of rotatable bonds is 3. The number of aliphatic hydroxyl groups excluding tert-OH is 1. The van der Waals surface area contributed by atoms with Crippen LogP contribution < -0.4 is 0 Å². The number of nitrogens with one attached hydrogen (secondary N) is 2. The number of aliphatic hydroxyl groups is 1. The highest BCUT2D eigenvalue weighted by Crippen LogP contribution is 2.28. The van der Waals surface area contributed by atoms with Gasteiger partial charge in [-0.25, -0.2) is 9.37 Å². The molecule has 2 aromatic heterocycles. The Labute approximate surface area is 130 Å². The maximum atomic E-state index is 13.3. The van der Waals surface area contributed by atoms with Gasteiger partial charge in [0, 0.05) is 0 Å². The Bertz CT molecular complexity index is 927. The van der Waals surface area contributed by atoms with Gasteiger partial charge in [0.25, 0.3) is 0 Å².